The number of anilines is 2. The average molecular weight is 484 g/mol. The van der Waals surface area contributed by atoms with Crippen LogP contribution in [0.3, 0.4) is 0 Å². The zero-order valence-corrected chi connectivity index (χ0v) is 18.4. The lowest BCUT2D eigenvalue weighted by Crippen LogP contribution is -2.37. The zero-order chi connectivity index (χ0) is 20.5. The van der Waals surface area contributed by atoms with Crippen LogP contribution < -0.4 is 14.5 Å². The number of amides is 1. The number of aromatic nitrogens is 1. The van der Waals surface area contributed by atoms with Crippen molar-refractivity contribution in [1.82, 2.24) is 4.57 Å². The van der Waals surface area contributed by atoms with Crippen molar-refractivity contribution in [2.45, 2.75) is 13.5 Å². The third-order valence-electron chi connectivity index (χ3n) is 4.05. The minimum atomic E-state index is -3.65. The molecule has 1 heterocycles. The second-order valence-electron chi connectivity index (χ2n) is 6.09. The van der Waals surface area contributed by atoms with E-state index in [1.807, 2.05) is 6.92 Å². The molecule has 28 heavy (non-hydrogen) atoms. The normalized spacial score (nSPS) is 11.5. The summed E-state index contributed by atoms with van der Waals surface area (Å²) in [5.41, 5.74) is 1.70. The summed E-state index contributed by atoms with van der Waals surface area (Å²) < 4.78 is 28.5. The first-order chi connectivity index (χ1) is 13.2. The summed E-state index contributed by atoms with van der Waals surface area (Å²) in [7, 11) is -3.65. The number of sulfonamides is 1. The van der Waals surface area contributed by atoms with Gasteiger partial charge in [0, 0.05) is 16.7 Å². The summed E-state index contributed by atoms with van der Waals surface area (Å²) in [6.07, 6.45) is 1.05. The van der Waals surface area contributed by atoms with Crippen LogP contribution in [0.25, 0.3) is 10.2 Å². The molecule has 1 amide bonds. The SMILES string of the molecule is CCn1c(=O)sc2cc(NC(=O)CN(c3cccc(Br)c3)S(C)(=O)=O)ccc21. The largest absolute Gasteiger partial charge is 0.324 e. The number of nitrogens with one attached hydrogen (secondary N) is 1. The highest BCUT2D eigenvalue weighted by Gasteiger charge is 2.21. The van der Waals surface area contributed by atoms with E-state index in [2.05, 4.69) is 21.2 Å². The summed E-state index contributed by atoms with van der Waals surface area (Å²) in [5, 5.41) is 2.71. The van der Waals surface area contributed by atoms with Crippen molar-refractivity contribution in [1.29, 1.82) is 0 Å². The number of carbonyl (C=O) groups is 1. The first kappa shape index (κ1) is 20.6. The maximum absolute atomic E-state index is 12.5. The monoisotopic (exact) mass is 483 g/mol. The Bertz CT molecular complexity index is 1200. The predicted octanol–water partition coefficient (Wildman–Crippen LogP) is 3.25. The maximum atomic E-state index is 12.5. The van der Waals surface area contributed by atoms with E-state index in [0.717, 1.165) is 32.1 Å². The van der Waals surface area contributed by atoms with Crippen LogP contribution in [0.15, 0.2) is 51.7 Å². The van der Waals surface area contributed by atoms with E-state index in [0.29, 0.717) is 22.4 Å². The number of aryl methyl sites for hydroxylation is 1. The summed E-state index contributed by atoms with van der Waals surface area (Å²) >= 11 is 4.41. The number of hydrogen-bond acceptors (Lipinski definition) is 5. The summed E-state index contributed by atoms with van der Waals surface area (Å²) in [6, 6.07) is 11.9. The van der Waals surface area contributed by atoms with Crippen LogP contribution in [0.1, 0.15) is 6.92 Å². The van der Waals surface area contributed by atoms with E-state index in [4.69, 9.17) is 0 Å². The molecule has 3 aromatic rings. The van der Waals surface area contributed by atoms with Gasteiger partial charge in [-0.05, 0) is 43.3 Å². The van der Waals surface area contributed by atoms with Crippen LogP contribution in [0.2, 0.25) is 0 Å². The molecular weight excluding hydrogens is 466 g/mol. The van der Waals surface area contributed by atoms with Gasteiger partial charge in [-0.2, -0.15) is 0 Å². The molecule has 10 heteroatoms. The fraction of sp³-hybridized carbons (Fsp3) is 0.222. The van der Waals surface area contributed by atoms with Gasteiger partial charge in [0.15, 0.2) is 0 Å². The van der Waals surface area contributed by atoms with Crippen LogP contribution in [0.4, 0.5) is 11.4 Å². The minimum absolute atomic E-state index is 0.0566. The lowest BCUT2D eigenvalue weighted by Gasteiger charge is -2.22. The lowest BCUT2D eigenvalue weighted by atomic mass is 10.3. The van der Waals surface area contributed by atoms with Crippen LogP contribution in [0, 0.1) is 0 Å². The third kappa shape index (κ3) is 4.45. The molecule has 0 unspecified atom stereocenters. The Morgan fingerprint density at radius 1 is 1.25 bits per heavy atom. The Hall–Kier alpha value is -2.17. The predicted molar refractivity (Wildman–Crippen MR) is 117 cm³/mol. The molecule has 0 saturated heterocycles. The maximum Gasteiger partial charge on any atom is 0.308 e. The summed E-state index contributed by atoms with van der Waals surface area (Å²) in [6.45, 7) is 2.10. The van der Waals surface area contributed by atoms with Gasteiger partial charge in [-0.3, -0.25) is 18.5 Å². The number of hydrogen-bond donors (Lipinski definition) is 1. The first-order valence-corrected chi connectivity index (χ1v) is 11.8. The highest BCUT2D eigenvalue weighted by molar-refractivity contribution is 9.10. The van der Waals surface area contributed by atoms with Crippen molar-refractivity contribution in [2.24, 2.45) is 0 Å². The van der Waals surface area contributed by atoms with Crippen molar-refractivity contribution >= 4 is 64.8 Å². The van der Waals surface area contributed by atoms with Gasteiger partial charge in [-0.1, -0.05) is 33.3 Å². The van der Waals surface area contributed by atoms with Gasteiger partial charge in [-0.15, -0.1) is 0 Å². The van der Waals surface area contributed by atoms with Gasteiger partial charge in [-0.25, -0.2) is 8.42 Å². The number of rotatable bonds is 6. The fourth-order valence-corrected chi connectivity index (χ4v) is 5.04. The Balaban J connectivity index is 1.83. The van der Waals surface area contributed by atoms with Gasteiger partial charge in [0.25, 0.3) is 0 Å². The van der Waals surface area contributed by atoms with E-state index < -0.39 is 15.9 Å². The van der Waals surface area contributed by atoms with Crippen LogP contribution in [-0.4, -0.2) is 31.7 Å². The summed E-state index contributed by atoms with van der Waals surface area (Å²) in [5.74, 6) is -0.480. The van der Waals surface area contributed by atoms with E-state index in [1.165, 1.54) is 0 Å². The van der Waals surface area contributed by atoms with Crippen molar-refractivity contribution in [3.63, 3.8) is 0 Å². The van der Waals surface area contributed by atoms with Crippen molar-refractivity contribution < 1.29 is 13.2 Å². The Kier molecular flexibility index (Phi) is 5.92. The minimum Gasteiger partial charge on any atom is -0.324 e. The van der Waals surface area contributed by atoms with Crippen LogP contribution in [-0.2, 0) is 21.4 Å². The van der Waals surface area contributed by atoms with Gasteiger partial charge in [0.2, 0.25) is 15.9 Å². The summed E-state index contributed by atoms with van der Waals surface area (Å²) in [4.78, 5) is 24.4. The molecule has 0 bridgehead atoms. The Morgan fingerprint density at radius 2 is 2.00 bits per heavy atom. The Labute approximate surface area is 174 Å². The number of halogens is 1. The number of carbonyl (C=O) groups excluding carboxylic acids is 1. The van der Waals surface area contributed by atoms with E-state index in [1.54, 1.807) is 47.0 Å². The third-order valence-corrected chi connectivity index (χ3v) is 6.63. The van der Waals surface area contributed by atoms with Crippen molar-refractivity contribution in [2.75, 3.05) is 22.4 Å². The van der Waals surface area contributed by atoms with Crippen molar-refractivity contribution in [3.05, 3.63) is 56.6 Å². The Morgan fingerprint density at radius 3 is 2.64 bits per heavy atom. The molecule has 148 valence electrons. The molecule has 1 N–H and O–H groups in total. The fourth-order valence-electron chi connectivity index (χ4n) is 2.81. The van der Waals surface area contributed by atoms with Gasteiger partial charge < -0.3 is 5.32 Å². The quantitative estimate of drug-likeness (QED) is 0.582. The van der Waals surface area contributed by atoms with Crippen molar-refractivity contribution in [3.8, 4) is 0 Å². The molecule has 3 rings (SSSR count). The second kappa shape index (κ2) is 8.06. The lowest BCUT2D eigenvalue weighted by molar-refractivity contribution is -0.114. The van der Waals surface area contributed by atoms with Gasteiger partial charge in [0.1, 0.15) is 6.54 Å². The van der Waals surface area contributed by atoms with Crippen LogP contribution in [0.5, 0.6) is 0 Å². The molecule has 0 aliphatic rings. The highest BCUT2D eigenvalue weighted by Crippen LogP contribution is 2.24. The number of fused-ring (bicyclic) bond motifs is 1. The van der Waals surface area contributed by atoms with E-state index in [-0.39, 0.29) is 11.4 Å². The average Bonchev–Trinajstić information content (AvgIpc) is 2.92. The molecule has 0 fully saturated rings. The second-order valence-corrected chi connectivity index (χ2v) is 9.91. The van der Waals surface area contributed by atoms with E-state index in [9.17, 15) is 18.0 Å². The topological polar surface area (TPSA) is 88.5 Å². The molecule has 0 saturated carbocycles. The van der Waals surface area contributed by atoms with E-state index >= 15 is 0 Å². The molecule has 0 aliphatic carbocycles. The molecule has 0 radical (unpaired) electrons. The molecule has 2 aromatic carbocycles. The standard InChI is InChI=1S/C18H18BrN3O4S2/c1-3-21-15-8-7-13(10-16(15)27-18(21)24)20-17(23)11-22(28(2,25)26)14-6-4-5-12(19)9-14/h4-10H,3,11H2,1-2H3,(H,20,23). The molecule has 0 spiro atoms. The highest BCUT2D eigenvalue weighted by atomic mass is 79.9. The molecule has 0 atom stereocenters. The van der Waals surface area contributed by atoms with Gasteiger partial charge in [0.05, 0.1) is 22.2 Å². The smallest absolute Gasteiger partial charge is 0.308 e. The number of nitrogens with zero attached hydrogens (tertiary/aromatic N) is 2. The first-order valence-electron chi connectivity index (χ1n) is 8.35. The molecule has 0 aliphatic heterocycles. The van der Waals surface area contributed by atoms with Gasteiger partial charge >= 0.3 is 4.87 Å². The van der Waals surface area contributed by atoms with Crippen LogP contribution >= 0.6 is 27.3 Å². The molecule has 7 nitrogen and oxygen atoms in total. The molecule has 1 aromatic heterocycles. The molecular formula is C18H18BrN3O4S2. The number of benzene rings is 2. The number of thiazole rings is 1. The zero-order valence-electron chi connectivity index (χ0n) is 15.2.